The summed E-state index contributed by atoms with van der Waals surface area (Å²) in [6, 6.07) is 15.5. The second kappa shape index (κ2) is 4.89. The third-order valence-electron chi connectivity index (χ3n) is 4.08. The lowest BCUT2D eigenvalue weighted by molar-refractivity contribution is 0.0697. The first-order chi connectivity index (χ1) is 10.7. The standard InChI is InChI=1S/C20H14O2/c21-20(22)17-8-10-19-16(12-17)7-6-15-11-14(5-9-18(15)19)4-3-13-1-2-13/h5-13H,1-2H2,(H,21,22). The van der Waals surface area contributed by atoms with Crippen molar-refractivity contribution in [2.45, 2.75) is 12.8 Å². The molecule has 22 heavy (non-hydrogen) atoms. The van der Waals surface area contributed by atoms with E-state index in [4.69, 9.17) is 5.11 Å². The molecule has 2 nitrogen and oxygen atoms in total. The third kappa shape index (κ3) is 2.31. The highest BCUT2D eigenvalue weighted by molar-refractivity contribution is 6.09. The van der Waals surface area contributed by atoms with Crippen LogP contribution >= 0.6 is 0 Å². The fraction of sp³-hybridized carbons (Fsp3) is 0.150. The SMILES string of the molecule is O=C(O)c1ccc2c(ccc3cc(C#CC4CC4)ccc32)c1. The Bertz CT molecular complexity index is 969. The van der Waals surface area contributed by atoms with Gasteiger partial charge in [-0.1, -0.05) is 36.1 Å². The molecule has 0 aromatic heterocycles. The Hall–Kier alpha value is -2.79. The molecule has 1 N–H and O–H groups in total. The second-order valence-electron chi connectivity index (χ2n) is 5.79. The van der Waals surface area contributed by atoms with E-state index in [9.17, 15) is 4.79 Å². The summed E-state index contributed by atoms with van der Waals surface area (Å²) in [5, 5.41) is 13.4. The number of carboxylic acid groups (broad SMARTS) is 1. The minimum atomic E-state index is -0.896. The van der Waals surface area contributed by atoms with Gasteiger partial charge in [0.1, 0.15) is 0 Å². The van der Waals surface area contributed by atoms with E-state index >= 15 is 0 Å². The molecule has 0 amide bonds. The molecule has 0 bridgehead atoms. The molecule has 3 aromatic carbocycles. The maximum absolute atomic E-state index is 11.1. The monoisotopic (exact) mass is 286 g/mol. The zero-order valence-corrected chi connectivity index (χ0v) is 12.0. The van der Waals surface area contributed by atoms with E-state index in [1.54, 1.807) is 12.1 Å². The summed E-state index contributed by atoms with van der Waals surface area (Å²) < 4.78 is 0. The van der Waals surface area contributed by atoms with Crippen LogP contribution in [0.5, 0.6) is 0 Å². The molecule has 0 saturated heterocycles. The second-order valence-corrected chi connectivity index (χ2v) is 5.79. The average molecular weight is 286 g/mol. The van der Waals surface area contributed by atoms with Gasteiger partial charge < -0.3 is 5.11 Å². The van der Waals surface area contributed by atoms with E-state index in [1.165, 1.54) is 12.8 Å². The van der Waals surface area contributed by atoms with Crippen LogP contribution in [0.15, 0.2) is 48.5 Å². The van der Waals surface area contributed by atoms with Crippen molar-refractivity contribution in [3.05, 3.63) is 59.7 Å². The maximum atomic E-state index is 11.1. The highest BCUT2D eigenvalue weighted by atomic mass is 16.4. The lowest BCUT2D eigenvalue weighted by Crippen LogP contribution is -1.95. The molecule has 1 saturated carbocycles. The molecule has 0 aliphatic heterocycles. The molecule has 0 spiro atoms. The first-order valence-electron chi connectivity index (χ1n) is 7.42. The van der Waals surface area contributed by atoms with Crippen LogP contribution in [0.3, 0.4) is 0 Å². The topological polar surface area (TPSA) is 37.3 Å². The van der Waals surface area contributed by atoms with Gasteiger partial charge in [-0.15, -0.1) is 0 Å². The first-order valence-corrected chi connectivity index (χ1v) is 7.42. The fourth-order valence-electron chi connectivity index (χ4n) is 2.70. The van der Waals surface area contributed by atoms with Crippen molar-refractivity contribution in [2.75, 3.05) is 0 Å². The maximum Gasteiger partial charge on any atom is 0.335 e. The van der Waals surface area contributed by atoms with E-state index in [0.29, 0.717) is 11.5 Å². The van der Waals surface area contributed by atoms with Gasteiger partial charge in [0.05, 0.1) is 5.56 Å². The van der Waals surface area contributed by atoms with Crippen molar-refractivity contribution in [1.29, 1.82) is 0 Å². The number of carbonyl (C=O) groups is 1. The van der Waals surface area contributed by atoms with Crippen LogP contribution in [-0.4, -0.2) is 11.1 Å². The lowest BCUT2D eigenvalue weighted by atomic mass is 9.99. The molecule has 3 aromatic rings. The number of rotatable bonds is 1. The molecule has 2 heteroatoms. The molecule has 0 heterocycles. The van der Waals surface area contributed by atoms with Gasteiger partial charge in [-0.2, -0.15) is 0 Å². The van der Waals surface area contributed by atoms with Crippen LogP contribution in [0, 0.1) is 17.8 Å². The Labute approximate surface area is 128 Å². The van der Waals surface area contributed by atoms with Crippen LogP contribution in [0.2, 0.25) is 0 Å². The van der Waals surface area contributed by atoms with Gasteiger partial charge in [0.25, 0.3) is 0 Å². The number of benzene rings is 3. The number of carboxylic acids is 1. The van der Waals surface area contributed by atoms with Crippen molar-refractivity contribution in [2.24, 2.45) is 5.92 Å². The predicted octanol–water partition coefficient (Wildman–Crippen LogP) is 4.45. The molecule has 0 atom stereocenters. The van der Waals surface area contributed by atoms with Gasteiger partial charge in [0, 0.05) is 11.5 Å². The lowest BCUT2D eigenvalue weighted by Gasteiger charge is -2.05. The molecule has 1 aliphatic rings. The molecular formula is C20H14O2. The Balaban J connectivity index is 1.85. The summed E-state index contributed by atoms with van der Waals surface area (Å²) in [4.78, 5) is 11.1. The van der Waals surface area contributed by atoms with Gasteiger partial charge in [-0.3, -0.25) is 0 Å². The highest BCUT2D eigenvalue weighted by Crippen LogP contribution is 2.29. The Morgan fingerprint density at radius 3 is 2.32 bits per heavy atom. The van der Waals surface area contributed by atoms with Crippen LogP contribution in [-0.2, 0) is 0 Å². The van der Waals surface area contributed by atoms with Crippen molar-refractivity contribution in [3.8, 4) is 11.8 Å². The van der Waals surface area contributed by atoms with Gasteiger partial charge in [0.15, 0.2) is 0 Å². The van der Waals surface area contributed by atoms with Crippen molar-refractivity contribution in [3.63, 3.8) is 0 Å². The zero-order valence-electron chi connectivity index (χ0n) is 12.0. The van der Waals surface area contributed by atoms with Gasteiger partial charge in [0.2, 0.25) is 0 Å². The van der Waals surface area contributed by atoms with Crippen LogP contribution < -0.4 is 0 Å². The van der Waals surface area contributed by atoms with Gasteiger partial charge in [-0.25, -0.2) is 4.79 Å². The van der Waals surface area contributed by atoms with Crippen LogP contribution in [0.1, 0.15) is 28.8 Å². The van der Waals surface area contributed by atoms with Crippen molar-refractivity contribution in [1.82, 2.24) is 0 Å². The fourth-order valence-corrected chi connectivity index (χ4v) is 2.70. The molecule has 106 valence electrons. The number of fused-ring (bicyclic) bond motifs is 3. The number of hydrogen-bond donors (Lipinski definition) is 1. The van der Waals surface area contributed by atoms with E-state index in [2.05, 4.69) is 24.0 Å². The van der Waals surface area contributed by atoms with Crippen LogP contribution in [0.25, 0.3) is 21.5 Å². The van der Waals surface area contributed by atoms with Crippen LogP contribution in [0.4, 0.5) is 0 Å². The molecule has 1 fully saturated rings. The minimum Gasteiger partial charge on any atom is -0.478 e. The highest BCUT2D eigenvalue weighted by Gasteiger charge is 2.17. The van der Waals surface area contributed by atoms with Crippen molar-refractivity contribution < 1.29 is 9.90 Å². The average Bonchev–Trinajstić information content (AvgIpc) is 3.36. The van der Waals surface area contributed by atoms with E-state index in [0.717, 1.165) is 27.1 Å². The summed E-state index contributed by atoms with van der Waals surface area (Å²) in [6.45, 7) is 0. The molecule has 0 radical (unpaired) electrons. The summed E-state index contributed by atoms with van der Waals surface area (Å²) in [6.07, 6.45) is 2.47. The number of aromatic carboxylic acids is 1. The van der Waals surface area contributed by atoms with E-state index in [-0.39, 0.29) is 0 Å². The van der Waals surface area contributed by atoms with E-state index in [1.807, 2.05) is 24.3 Å². The molecule has 4 rings (SSSR count). The quantitative estimate of drug-likeness (QED) is 0.530. The summed E-state index contributed by atoms with van der Waals surface area (Å²) in [5.74, 6) is 6.23. The summed E-state index contributed by atoms with van der Waals surface area (Å²) >= 11 is 0. The third-order valence-corrected chi connectivity index (χ3v) is 4.08. The Kier molecular flexibility index (Phi) is 2.87. The van der Waals surface area contributed by atoms with E-state index < -0.39 is 5.97 Å². The predicted molar refractivity (Wildman–Crippen MR) is 88.0 cm³/mol. The summed E-state index contributed by atoms with van der Waals surface area (Å²) in [7, 11) is 0. The molecule has 0 unspecified atom stereocenters. The molecule has 1 aliphatic carbocycles. The Morgan fingerprint density at radius 1 is 0.955 bits per heavy atom. The largest absolute Gasteiger partial charge is 0.478 e. The normalized spacial score (nSPS) is 13.8. The van der Waals surface area contributed by atoms with Gasteiger partial charge >= 0.3 is 5.97 Å². The van der Waals surface area contributed by atoms with Gasteiger partial charge in [-0.05, 0) is 58.7 Å². The smallest absolute Gasteiger partial charge is 0.335 e. The zero-order chi connectivity index (χ0) is 15.1. The first kappa shape index (κ1) is 12.9. The summed E-state index contributed by atoms with van der Waals surface area (Å²) in [5.41, 5.74) is 1.36. The van der Waals surface area contributed by atoms with Crippen molar-refractivity contribution >= 4 is 27.5 Å². The number of hydrogen-bond acceptors (Lipinski definition) is 1. The molecular weight excluding hydrogens is 272 g/mol. The minimum absolute atomic E-state index is 0.318. The Morgan fingerprint density at radius 2 is 1.64 bits per heavy atom.